The highest BCUT2D eigenvalue weighted by atomic mass is 35.5. The predicted molar refractivity (Wildman–Crippen MR) is 121 cm³/mol. The van der Waals surface area contributed by atoms with Crippen LogP contribution in [0.4, 0.5) is 18.9 Å². The van der Waals surface area contributed by atoms with E-state index in [2.05, 4.69) is 4.90 Å². The van der Waals surface area contributed by atoms with E-state index in [1.165, 1.54) is 12.1 Å². The molecule has 1 aliphatic heterocycles. The first kappa shape index (κ1) is 26.5. The summed E-state index contributed by atoms with van der Waals surface area (Å²) < 4.78 is 49.7. The van der Waals surface area contributed by atoms with Crippen molar-refractivity contribution in [2.24, 2.45) is 0 Å². The highest BCUT2D eigenvalue weighted by Gasteiger charge is 2.31. The molecule has 0 aromatic heterocycles. The Hall–Kier alpha value is -1.71. The maximum absolute atomic E-state index is 12.9. The molecule has 1 aliphatic rings. The van der Waals surface area contributed by atoms with E-state index in [0.29, 0.717) is 62.4 Å². The quantitative estimate of drug-likeness (QED) is 0.524. The van der Waals surface area contributed by atoms with E-state index in [4.69, 9.17) is 21.1 Å². The molecule has 0 spiro atoms. The van der Waals surface area contributed by atoms with Crippen LogP contribution in [0.2, 0.25) is 5.02 Å². The Labute approximate surface area is 197 Å². The molecule has 2 aromatic carbocycles. The van der Waals surface area contributed by atoms with E-state index in [9.17, 15) is 18.3 Å². The van der Waals surface area contributed by atoms with Gasteiger partial charge < -0.3 is 19.5 Å². The smallest absolute Gasteiger partial charge is 0.416 e. The van der Waals surface area contributed by atoms with Crippen LogP contribution in [0.3, 0.4) is 0 Å². The predicted octanol–water partition coefficient (Wildman–Crippen LogP) is 4.36. The lowest BCUT2D eigenvalue weighted by atomic mass is 10.1. The van der Waals surface area contributed by atoms with E-state index in [1.54, 1.807) is 30.3 Å². The molecule has 32 heavy (non-hydrogen) atoms. The van der Waals surface area contributed by atoms with Gasteiger partial charge in [-0.3, -0.25) is 4.90 Å². The van der Waals surface area contributed by atoms with Crippen LogP contribution in [-0.4, -0.2) is 68.7 Å². The second kappa shape index (κ2) is 12.5. The Kier molecular flexibility index (Phi) is 10.4. The number of benzene rings is 2. The normalized spacial score (nSPS) is 15.8. The van der Waals surface area contributed by atoms with Gasteiger partial charge in [-0.05, 0) is 42.5 Å². The minimum atomic E-state index is -4.35. The van der Waals surface area contributed by atoms with Crippen LogP contribution in [0.25, 0.3) is 0 Å². The summed E-state index contributed by atoms with van der Waals surface area (Å²) in [6, 6.07) is 12.4. The highest BCUT2D eigenvalue weighted by Crippen LogP contribution is 2.31. The number of aliphatic hydroxyl groups is 1. The van der Waals surface area contributed by atoms with Crippen LogP contribution >= 0.6 is 24.0 Å². The van der Waals surface area contributed by atoms with Gasteiger partial charge in [-0.15, -0.1) is 12.4 Å². The minimum absolute atomic E-state index is 0. The number of alkyl halides is 3. The Morgan fingerprint density at radius 1 is 1.00 bits per heavy atom. The summed E-state index contributed by atoms with van der Waals surface area (Å²) in [7, 11) is 0. The lowest BCUT2D eigenvalue weighted by Gasteiger charge is -2.37. The summed E-state index contributed by atoms with van der Waals surface area (Å²) >= 11 is 5.82. The van der Waals surface area contributed by atoms with E-state index in [-0.39, 0.29) is 19.0 Å². The number of ether oxygens (including phenoxy) is 2. The van der Waals surface area contributed by atoms with Crippen LogP contribution in [0, 0.1) is 0 Å². The van der Waals surface area contributed by atoms with Gasteiger partial charge in [0, 0.05) is 43.4 Å². The van der Waals surface area contributed by atoms with Gasteiger partial charge in [0.1, 0.15) is 12.4 Å². The molecule has 0 bridgehead atoms. The van der Waals surface area contributed by atoms with E-state index in [0.717, 1.165) is 6.07 Å². The Bertz CT molecular complexity index is 817. The summed E-state index contributed by atoms with van der Waals surface area (Å²) in [6.45, 7) is 3.88. The lowest BCUT2D eigenvalue weighted by Crippen LogP contribution is -2.49. The minimum Gasteiger partial charge on any atom is -0.491 e. The summed E-state index contributed by atoms with van der Waals surface area (Å²) in [4.78, 5) is 4.02. The largest absolute Gasteiger partial charge is 0.491 e. The molecule has 1 saturated heterocycles. The summed E-state index contributed by atoms with van der Waals surface area (Å²) in [6.07, 6.45) is -4.99. The molecule has 1 atom stereocenters. The Morgan fingerprint density at radius 2 is 1.69 bits per heavy atom. The molecule has 0 saturated carbocycles. The van der Waals surface area contributed by atoms with Crippen LogP contribution in [0.5, 0.6) is 5.75 Å². The SMILES string of the molecule is Cl.OC(COCCOc1ccc(Cl)cc1)CN1CCN(c2cccc(C(F)(F)F)c2)CC1. The highest BCUT2D eigenvalue weighted by molar-refractivity contribution is 6.30. The molecule has 0 aliphatic carbocycles. The molecular formula is C22H27Cl2F3N2O3. The number of aliphatic hydroxyl groups excluding tert-OH is 1. The number of hydrogen-bond donors (Lipinski definition) is 1. The third-order valence-electron chi connectivity index (χ3n) is 5.00. The molecule has 1 unspecified atom stereocenters. The van der Waals surface area contributed by atoms with Crippen molar-refractivity contribution in [2.45, 2.75) is 12.3 Å². The van der Waals surface area contributed by atoms with Gasteiger partial charge >= 0.3 is 6.18 Å². The second-order valence-electron chi connectivity index (χ2n) is 7.37. The monoisotopic (exact) mass is 494 g/mol. The zero-order valence-electron chi connectivity index (χ0n) is 17.4. The van der Waals surface area contributed by atoms with E-state index >= 15 is 0 Å². The molecule has 0 radical (unpaired) electrons. The van der Waals surface area contributed by atoms with Crippen molar-refractivity contribution in [2.75, 3.05) is 57.4 Å². The molecule has 2 aromatic rings. The number of piperazine rings is 1. The van der Waals surface area contributed by atoms with Crippen LogP contribution < -0.4 is 9.64 Å². The molecule has 3 rings (SSSR count). The number of β-amino-alcohol motifs (C(OH)–C–C–N with tert-alkyl or cyclic N) is 1. The van der Waals surface area contributed by atoms with Gasteiger partial charge in [-0.1, -0.05) is 17.7 Å². The van der Waals surface area contributed by atoms with Crippen LogP contribution in [0.15, 0.2) is 48.5 Å². The molecule has 0 amide bonds. The summed E-state index contributed by atoms with van der Waals surface area (Å²) in [5.41, 5.74) is -0.0703. The average molecular weight is 495 g/mol. The number of halogens is 5. The third kappa shape index (κ3) is 8.33. The number of rotatable bonds is 9. The Morgan fingerprint density at radius 3 is 2.34 bits per heavy atom. The van der Waals surface area contributed by atoms with Crippen molar-refractivity contribution in [3.05, 3.63) is 59.1 Å². The number of hydrogen-bond acceptors (Lipinski definition) is 5. The summed E-state index contributed by atoms with van der Waals surface area (Å²) in [5, 5.41) is 10.8. The fourth-order valence-corrected chi connectivity index (χ4v) is 3.51. The Balaban J connectivity index is 0.00000363. The first-order chi connectivity index (χ1) is 14.8. The molecule has 1 heterocycles. The van der Waals surface area contributed by atoms with Crippen molar-refractivity contribution in [1.82, 2.24) is 4.90 Å². The molecule has 1 fully saturated rings. The number of nitrogens with zero attached hydrogens (tertiary/aromatic N) is 2. The van der Waals surface area contributed by atoms with Gasteiger partial charge in [-0.25, -0.2) is 0 Å². The standard InChI is InChI=1S/C22H26ClF3N2O3.ClH/c23-18-4-6-21(7-5-18)31-13-12-30-16-20(29)15-27-8-10-28(11-9-27)19-3-1-2-17(14-19)22(24,25)26;/h1-7,14,20,29H,8-13,15-16H2;1H. The van der Waals surface area contributed by atoms with Gasteiger partial charge in [0.25, 0.3) is 0 Å². The second-order valence-corrected chi connectivity index (χ2v) is 7.80. The zero-order valence-corrected chi connectivity index (χ0v) is 19.0. The van der Waals surface area contributed by atoms with Crippen LogP contribution in [-0.2, 0) is 10.9 Å². The fraction of sp³-hybridized carbons (Fsp3) is 0.455. The van der Waals surface area contributed by atoms with E-state index < -0.39 is 17.8 Å². The number of anilines is 1. The first-order valence-corrected chi connectivity index (χ1v) is 10.5. The maximum Gasteiger partial charge on any atom is 0.416 e. The fourth-order valence-electron chi connectivity index (χ4n) is 3.39. The van der Waals surface area contributed by atoms with Crippen LogP contribution in [0.1, 0.15) is 5.56 Å². The van der Waals surface area contributed by atoms with Crippen molar-refractivity contribution in [3.63, 3.8) is 0 Å². The average Bonchev–Trinajstić information content (AvgIpc) is 2.75. The lowest BCUT2D eigenvalue weighted by molar-refractivity contribution is -0.137. The van der Waals surface area contributed by atoms with Gasteiger partial charge in [0.05, 0.1) is 24.9 Å². The van der Waals surface area contributed by atoms with Crippen molar-refractivity contribution in [1.29, 1.82) is 0 Å². The molecular weight excluding hydrogens is 468 g/mol. The topological polar surface area (TPSA) is 45.2 Å². The van der Waals surface area contributed by atoms with Gasteiger partial charge in [0.2, 0.25) is 0 Å². The molecule has 10 heteroatoms. The molecule has 178 valence electrons. The third-order valence-corrected chi connectivity index (χ3v) is 5.25. The first-order valence-electron chi connectivity index (χ1n) is 10.1. The maximum atomic E-state index is 12.9. The van der Waals surface area contributed by atoms with Crippen molar-refractivity contribution >= 4 is 29.7 Å². The van der Waals surface area contributed by atoms with Gasteiger partial charge in [0.15, 0.2) is 0 Å². The zero-order chi connectivity index (χ0) is 22.3. The van der Waals surface area contributed by atoms with E-state index in [1.807, 2.05) is 4.90 Å². The van der Waals surface area contributed by atoms with Crippen molar-refractivity contribution in [3.8, 4) is 5.75 Å². The summed E-state index contributed by atoms with van der Waals surface area (Å²) in [5.74, 6) is 0.701. The van der Waals surface area contributed by atoms with Gasteiger partial charge in [-0.2, -0.15) is 13.2 Å². The van der Waals surface area contributed by atoms with Crippen molar-refractivity contribution < 1.29 is 27.8 Å². The molecule has 5 nitrogen and oxygen atoms in total. The molecule has 1 N–H and O–H groups in total.